The van der Waals surface area contributed by atoms with Crippen LogP contribution in [0.4, 0.5) is 0 Å². The molecule has 2 heterocycles. The molecule has 0 unspecified atom stereocenters. The molecule has 1 amide bonds. The van der Waals surface area contributed by atoms with Gasteiger partial charge in [0.05, 0.1) is 0 Å². The highest BCUT2D eigenvalue weighted by Gasteiger charge is 2.16. The Hall–Kier alpha value is -2.06. The third-order valence-electron chi connectivity index (χ3n) is 3.24. The van der Waals surface area contributed by atoms with Crippen LogP contribution in [-0.2, 0) is 0 Å². The first-order valence-electron chi connectivity index (χ1n) is 7.30. The molecular formula is C16H15BrN4O2S. The van der Waals surface area contributed by atoms with Crippen LogP contribution in [0, 0.1) is 6.92 Å². The lowest BCUT2D eigenvalue weighted by Crippen LogP contribution is -2.24. The molecule has 1 aromatic carbocycles. The highest BCUT2D eigenvalue weighted by molar-refractivity contribution is 9.10. The second kappa shape index (κ2) is 7.23. The molecule has 3 aromatic rings. The van der Waals surface area contributed by atoms with E-state index in [2.05, 4.69) is 31.6 Å². The quantitative estimate of drug-likeness (QED) is 0.645. The molecule has 124 valence electrons. The van der Waals surface area contributed by atoms with Crippen LogP contribution < -0.4 is 5.43 Å². The van der Waals surface area contributed by atoms with Gasteiger partial charge in [-0.3, -0.25) is 10.2 Å². The molecule has 24 heavy (non-hydrogen) atoms. The minimum Gasteiger partial charge on any atom is -0.451 e. The van der Waals surface area contributed by atoms with Crippen molar-refractivity contribution in [2.75, 3.05) is 11.2 Å². The molecule has 8 heteroatoms. The number of aromatic nitrogens is 3. The predicted molar refractivity (Wildman–Crippen MR) is 96.7 cm³/mol. The van der Waals surface area contributed by atoms with Crippen LogP contribution in [0.3, 0.4) is 0 Å². The van der Waals surface area contributed by atoms with Gasteiger partial charge in [0.15, 0.2) is 5.76 Å². The summed E-state index contributed by atoms with van der Waals surface area (Å²) in [4.78, 5) is 12.4. The van der Waals surface area contributed by atoms with E-state index in [0.717, 1.165) is 15.8 Å². The van der Waals surface area contributed by atoms with Gasteiger partial charge in [-0.15, -0.1) is 10.2 Å². The monoisotopic (exact) mass is 406 g/mol. The van der Waals surface area contributed by atoms with E-state index in [0.29, 0.717) is 16.7 Å². The van der Waals surface area contributed by atoms with Gasteiger partial charge in [0.25, 0.3) is 0 Å². The zero-order chi connectivity index (χ0) is 17.1. The SMILES string of the molecule is CCSc1nnc(C)n1NC(=O)c1ccc(-c2ccc(Br)cc2)o1. The Morgan fingerprint density at radius 1 is 1.25 bits per heavy atom. The van der Waals surface area contributed by atoms with Crippen molar-refractivity contribution in [3.05, 3.63) is 52.5 Å². The van der Waals surface area contributed by atoms with Crippen molar-refractivity contribution in [2.45, 2.75) is 19.0 Å². The van der Waals surface area contributed by atoms with Gasteiger partial charge in [0, 0.05) is 10.0 Å². The van der Waals surface area contributed by atoms with Crippen LogP contribution in [0.1, 0.15) is 23.3 Å². The molecule has 6 nitrogen and oxygen atoms in total. The summed E-state index contributed by atoms with van der Waals surface area (Å²) >= 11 is 4.90. The van der Waals surface area contributed by atoms with Gasteiger partial charge in [0.2, 0.25) is 5.16 Å². The average molecular weight is 407 g/mol. The predicted octanol–water partition coefficient (Wildman–Crippen LogP) is 4.10. The Bertz CT molecular complexity index is 857. The highest BCUT2D eigenvalue weighted by Crippen LogP contribution is 2.24. The molecule has 0 spiro atoms. The molecule has 0 saturated heterocycles. The Morgan fingerprint density at radius 2 is 2.00 bits per heavy atom. The standard InChI is InChI=1S/C16H15BrN4O2S/c1-3-24-16-19-18-10(2)21(16)20-15(22)14-9-8-13(23-14)11-4-6-12(17)7-5-11/h4-9H,3H2,1-2H3,(H,20,22). The summed E-state index contributed by atoms with van der Waals surface area (Å²) in [7, 11) is 0. The van der Waals surface area contributed by atoms with Gasteiger partial charge in [-0.25, -0.2) is 4.68 Å². The summed E-state index contributed by atoms with van der Waals surface area (Å²) < 4.78 is 8.23. The first-order chi connectivity index (χ1) is 11.6. The molecule has 0 saturated carbocycles. The molecule has 0 fully saturated rings. The zero-order valence-electron chi connectivity index (χ0n) is 13.1. The van der Waals surface area contributed by atoms with Crippen molar-refractivity contribution in [3.8, 4) is 11.3 Å². The first kappa shape index (κ1) is 16.8. The lowest BCUT2D eigenvalue weighted by Gasteiger charge is -2.08. The minimum absolute atomic E-state index is 0.230. The van der Waals surface area contributed by atoms with Crippen LogP contribution >= 0.6 is 27.7 Å². The van der Waals surface area contributed by atoms with Crippen molar-refractivity contribution in [3.63, 3.8) is 0 Å². The number of carbonyl (C=O) groups excluding carboxylic acids is 1. The van der Waals surface area contributed by atoms with Gasteiger partial charge in [-0.05, 0) is 36.9 Å². The van der Waals surface area contributed by atoms with E-state index in [1.54, 1.807) is 23.7 Å². The van der Waals surface area contributed by atoms with Gasteiger partial charge in [-0.2, -0.15) is 0 Å². The first-order valence-corrected chi connectivity index (χ1v) is 9.08. The third kappa shape index (κ3) is 3.54. The Balaban J connectivity index is 1.79. The van der Waals surface area contributed by atoms with E-state index >= 15 is 0 Å². The molecule has 0 bridgehead atoms. The fourth-order valence-electron chi connectivity index (χ4n) is 2.08. The van der Waals surface area contributed by atoms with Gasteiger partial charge < -0.3 is 4.42 Å². The number of carbonyl (C=O) groups is 1. The lowest BCUT2D eigenvalue weighted by molar-refractivity contribution is 0.0980. The smallest absolute Gasteiger partial charge is 0.305 e. The van der Waals surface area contributed by atoms with Crippen molar-refractivity contribution >= 4 is 33.6 Å². The summed E-state index contributed by atoms with van der Waals surface area (Å²) in [5.41, 5.74) is 3.67. The van der Waals surface area contributed by atoms with Crippen molar-refractivity contribution in [2.24, 2.45) is 0 Å². The molecule has 0 aliphatic rings. The maximum absolute atomic E-state index is 12.4. The van der Waals surface area contributed by atoms with E-state index < -0.39 is 0 Å². The minimum atomic E-state index is -0.348. The Labute approximate surface area is 151 Å². The van der Waals surface area contributed by atoms with Crippen LogP contribution in [0.25, 0.3) is 11.3 Å². The molecule has 2 aromatic heterocycles. The number of furan rings is 1. The molecule has 0 aliphatic heterocycles. The number of hydrogen-bond donors (Lipinski definition) is 1. The zero-order valence-corrected chi connectivity index (χ0v) is 15.5. The molecule has 0 radical (unpaired) electrons. The Morgan fingerprint density at radius 3 is 2.71 bits per heavy atom. The van der Waals surface area contributed by atoms with Crippen molar-refractivity contribution in [1.82, 2.24) is 14.9 Å². The third-order valence-corrected chi connectivity index (χ3v) is 4.58. The molecular weight excluding hydrogens is 392 g/mol. The number of nitrogens with zero attached hydrogens (tertiary/aromatic N) is 3. The van der Waals surface area contributed by atoms with E-state index in [1.807, 2.05) is 31.2 Å². The van der Waals surface area contributed by atoms with Gasteiger partial charge in [-0.1, -0.05) is 46.7 Å². The lowest BCUT2D eigenvalue weighted by atomic mass is 10.2. The number of amides is 1. The van der Waals surface area contributed by atoms with E-state index in [-0.39, 0.29) is 11.7 Å². The number of aryl methyl sites for hydroxylation is 1. The average Bonchev–Trinajstić information content (AvgIpc) is 3.18. The van der Waals surface area contributed by atoms with Gasteiger partial charge >= 0.3 is 5.91 Å². The van der Waals surface area contributed by atoms with Gasteiger partial charge in [0.1, 0.15) is 11.6 Å². The summed E-state index contributed by atoms with van der Waals surface area (Å²) in [5, 5.41) is 8.67. The molecule has 3 rings (SSSR count). The number of rotatable bonds is 5. The van der Waals surface area contributed by atoms with Crippen LogP contribution in [-0.4, -0.2) is 26.5 Å². The fraction of sp³-hybridized carbons (Fsp3) is 0.188. The summed E-state index contributed by atoms with van der Waals surface area (Å²) in [6.45, 7) is 3.79. The summed E-state index contributed by atoms with van der Waals surface area (Å²) in [5.74, 6) is 1.96. The van der Waals surface area contributed by atoms with E-state index in [9.17, 15) is 4.79 Å². The van der Waals surface area contributed by atoms with Crippen molar-refractivity contribution in [1.29, 1.82) is 0 Å². The maximum atomic E-state index is 12.4. The highest BCUT2D eigenvalue weighted by atomic mass is 79.9. The topological polar surface area (TPSA) is 73.0 Å². The van der Waals surface area contributed by atoms with Crippen LogP contribution in [0.5, 0.6) is 0 Å². The molecule has 0 atom stereocenters. The Kier molecular flexibility index (Phi) is 5.06. The number of nitrogens with one attached hydrogen (secondary N) is 1. The van der Waals surface area contributed by atoms with Crippen LogP contribution in [0.2, 0.25) is 0 Å². The normalized spacial score (nSPS) is 10.8. The van der Waals surface area contributed by atoms with Crippen molar-refractivity contribution < 1.29 is 9.21 Å². The van der Waals surface area contributed by atoms with Crippen LogP contribution in [0.15, 0.2) is 50.4 Å². The molecule has 1 N–H and O–H groups in total. The largest absolute Gasteiger partial charge is 0.451 e. The summed E-state index contributed by atoms with van der Waals surface area (Å²) in [6, 6.07) is 11.1. The van der Waals surface area contributed by atoms with E-state index in [4.69, 9.17) is 4.42 Å². The summed E-state index contributed by atoms with van der Waals surface area (Å²) in [6.07, 6.45) is 0. The second-order valence-electron chi connectivity index (χ2n) is 4.91. The number of benzene rings is 1. The number of halogens is 1. The number of thioether (sulfide) groups is 1. The molecule has 0 aliphatic carbocycles. The fourth-order valence-corrected chi connectivity index (χ4v) is 3.01. The second-order valence-corrected chi connectivity index (χ2v) is 7.06. The number of hydrogen-bond acceptors (Lipinski definition) is 5. The maximum Gasteiger partial charge on any atom is 0.305 e. The van der Waals surface area contributed by atoms with E-state index in [1.165, 1.54) is 11.8 Å².